The summed E-state index contributed by atoms with van der Waals surface area (Å²) in [6.07, 6.45) is 4.03. The lowest BCUT2D eigenvalue weighted by Gasteiger charge is -2.34. The lowest BCUT2D eigenvalue weighted by molar-refractivity contribution is 0.161. The summed E-state index contributed by atoms with van der Waals surface area (Å²) < 4.78 is 5.32. The minimum absolute atomic E-state index is 0.256. The first kappa shape index (κ1) is 14.3. The zero-order chi connectivity index (χ0) is 12.9. The largest absolute Gasteiger partial charge is 0.469 e. The third kappa shape index (κ3) is 3.58. The molecule has 98 valence electrons. The van der Waals surface area contributed by atoms with Crippen LogP contribution >= 0.6 is 0 Å². The number of nitrogens with zero attached hydrogens (tertiary/aromatic N) is 1. The molecule has 0 bridgehead atoms. The number of furan rings is 1. The molecule has 0 aromatic carbocycles. The molecule has 1 aromatic heterocycles. The van der Waals surface area contributed by atoms with Gasteiger partial charge in [-0.25, -0.2) is 0 Å². The first-order valence-electron chi connectivity index (χ1n) is 6.48. The van der Waals surface area contributed by atoms with Gasteiger partial charge in [-0.3, -0.25) is 0 Å². The number of hydrogen-bond acceptors (Lipinski definition) is 3. The van der Waals surface area contributed by atoms with Crippen LogP contribution in [-0.4, -0.2) is 25.0 Å². The summed E-state index contributed by atoms with van der Waals surface area (Å²) in [5.41, 5.74) is 7.46. The lowest BCUT2D eigenvalue weighted by Crippen LogP contribution is -2.40. The number of hydrogen-bond donors (Lipinski definition) is 1. The van der Waals surface area contributed by atoms with Crippen molar-refractivity contribution in [1.82, 2.24) is 4.90 Å². The first-order valence-corrected chi connectivity index (χ1v) is 6.48. The van der Waals surface area contributed by atoms with Crippen molar-refractivity contribution in [2.45, 2.75) is 40.2 Å². The molecule has 0 unspecified atom stereocenters. The Hall–Kier alpha value is -0.800. The average molecular weight is 238 g/mol. The molecule has 3 heteroatoms. The van der Waals surface area contributed by atoms with E-state index in [0.717, 1.165) is 38.2 Å². The molecule has 2 N–H and O–H groups in total. The first-order chi connectivity index (χ1) is 8.06. The fourth-order valence-electron chi connectivity index (χ4n) is 2.32. The van der Waals surface area contributed by atoms with E-state index < -0.39 is 0 Å². The summed E-state index contributed by atoms with van der Waals surface area (Å²) in [6.45, 7) is 9.21. The van der Waals surface area contributed by atoms with Crippen molar-refractivity contribution in [1.29, 1.82) is 0 Å². The monoisotopic (exact) mass is 238 g/mol. The molecule has 0 aliphatic carbocycles. The Morgan fingerprint density at radius 1 is 1.35 bits per heavy atom. The van der Waals surface area contributed by atoms with Crippen LogP contribution in [0, 0.1) is 12.3 Å². The topological polar surface area (TPSA) is 42.4 Å². The Bertz CT molecular complexity index is 320. The Kier molecular flexibility index (Phi) is 5.22. The molecule has 0 atom stereocenters. The molecule has 1 rings (SSSR count). The Morgan fingerprint density at radius 2 is 2.00 bits per heavy atom. The second-order valence-electron chi connectivity index (χ2n) is 5.09. The van der Waals surface area contributed by atoms with Gasteiger partial charge in [-0.05, 0) is 44.8 Å². The highest BCUT2D eigenvalue weighted by atomic mass is 16.3. The zero-order valence-corrected chi connectivity index (χ0v) is 11.6. The summed E-state index contributed by atoms with van der Waals surface area (Å²) in [7, 11) is 2.15. The van der Waals surface area contributed by atoms with Crippen LogP contribution in [0.3, 0.4) is 0 Å². The third-order valence-electron chi connectivity index (χ3n) is 3.94. The predicted molar refractivity (Wildman–Crippen MR) is 71.8 cm³/mol. The van der Waals surface area contributed by atoms with E-state index in [9.17, 15) is 0 Å². The Labute approximate surface area is 105 Å². The number of rotatable bonds is 7. The fourth-order valence-corrected chi connectivity index (χ4v) is 2.32. The lowest BCUT2D eigenvalue weighted by atomic mass is 9.82. The van der Waals surface area contributed by atoms with Crippen molar-refractivity contribution in [3.8, 4) is 0 Å². The van der Waals surface area contributed by atoms with Crippen LogP contribution in [0.2, 0.25) is 0 Å². The van der Waals surface area contributed by atoms with Gasteiger partial charge < -0.3 is 15.1 Å². The molecule has 17 heavy (non-hydrogen) atoms. The van der Waals surface area contributed by atoms with E-state index in [1.54, 1.807) is 6.26 Å². The van der Waals surface area contributed by atoms with Crippen molar-refractivity contribution in [3.63, 3.8) is 0 Å². The molecule has 3 nitrogen and oxygen atoms in total. The predicted octanol–water partition coefficient (Wildman–Crippen LogP) is 2.78. The van der Waals surface area contributed by atoms with Gasteiger partial charge in [-0.2, -0.15) is 0 Å². The van der Waals surface area contributed by atoms with E-state index in [4.69, 9.17) is 10.2 Å². The average Bonchev–Trinajstić information content (AvgIpc) is 2.72. The molecule has 1 heterocycles. The molecule has 0 radical (unpaired) electrons. The summed E-state index contributed by atoms with van der Waals surface area (Å²) in [5.74, 6) is 1.02. The van der Waals surface area contributed by atoms with Crippen molar-refractivity contribution in [2.24, 2.45) is 11.1 Å². The standard InChI is InChI=1S/C14H26N2O/c1-5-14(6-2,10-15)11-16(4)9-13-7-8-17-12(13)3/h7-8H,5-6,9-11,15H2,1-4H3. The van der Waals surface area contributed by atoms with Gasteiger partial charge >= 0.3 is 0 Å². The summed E-state index contributed by atoms with van der Waals surface area (Å²) in [6, 6.07) is 2.05. The molecule has 0 fully saturated rings. The molecular formula is C14H26N2O. The quantitative estimate of drug-likeness (QED) is 0.794. The van der Waals surface area contributed by atoms with E-state index in [0.29, 0.717) is 0 Å². The van der Waals surface area contributed by atoms with Gasteiger partial charge in [-0.15, -0.1) is 0 Å². The molecule has 0 saturated carbocycles. The van der Waals surface area contributed by atoms with Gasteiger partial charge in [0.1, 0.15) is 5.76 Å². The molecular weight excluding hydrogens is 212 g/mol. The van der Waals surface area contributed by atoms with E-state index >= 15 is 0 Å². The second-order valence-corrected chi connectivity index (χ2v) is 5.09. The van der Waals surface area contributed by atoms with Gasteiger partial charge in [0.15, 0.2) is 0 Å². The minimum atomic E-state index is 0.256. The maximum atomic E-state index is 5.94. The highest BCUT2D eigenvalue weighted by Crippen LogP contribution is 2.26. The Balaban J connectivity index is 2.59. The van der Waals surface area contributed by atoms with E-state index in [-0.39, 0.29) is 5.41 Å². The van der Waals surface area contributed by atoms with Gasteiger partial charge in [0.2, 0.25) is 0 Å². The molecule has 1 aromatic rings. The van der Waals surface area contributed by atoms with Crippen LogP contribution in [0.5, 0.6) is 0 Å². The summed E-state index contributed by atoms with van der Waals surface area (Å²) >= 11 is 0. The molecule has 0 aliphatic rings. The van der Waals surface area contributed by atoms with Crippen LogP contribution in [0.1, 0.15) is 38.0 Å². The van der Waals surface area contributed by atoms with Crippen LogP contribution in [0.4, 0.5) is 0 Å². The summed E-state index contributed by atoms with van der Waals surface area (Å²) in [5, 5.41) is 0. The van der Waals surface area contributed by atoms with E-state index in [1.165, 1.54) is 5.56 Å². The zero-order valence-electron chi connectivity index (χ0n) is 11.6. The highest BCUT2D eigenvalue weighted by molar-refractivity contribution is 5.15. The number of nitrogens with two attached hydrogens (primary N) is 1. The van der Waals surface area contributed by atoms with Crippen molar-refractivity contribution in [3.05, 3.63) is 23.7 Å². The molecule has 0 spiro atoms. The number of aryl methyl sites for hydroxylation is 1. The smallest absolute Gasteiger partial charge is 0.105 e. The van der Waals surface area contributed by atoms with Crippen LogP contribution in [0.25, 0.3) is 0 Å². The SMILES string of the molecule is CCC(CC)(CN)CN(C)Cc1ccoc1C. The van der Waals surface area contributed by atoms with Crippen molar-refractivity contribution in [2.75, 3.05) is 20.1 Å². The normalized spacial score (nSPS) is 12.4. The fraction of sp³-hybridized carbons (Fsp3) is 0.714. The van der Waals surface area contributed by atoms with Gasteiger partial charge in [0.05, 0.1) is 6.26 Å². The van der Waals surface area contributed by atoms with Crippen molar-refractivity contribution >= 4 is 0 Å². The van der Waals surface area contributed by atoms with Gasteiger partial charge in [-0.1, -0.05) is 13.8 Å². The van der Waals surface area contributed by atoms with Crippen LogP contribution in [0.15, 0.2) is 16.7 Å². The van der Waals surface area contributed by atoms with Crippen molar-refractivity contribution < 1.29 is 4.42 Å². The van der Waals surface area contributed by atoms with Gasteiger partial charge in [0.25, 0.3) is 0 Å². The molecule has 0 saturated heterocycles. The van der Waals surface area contributed by atoms with E-state index in [2.05, 4.69) is 25.8 Å². The summed E-state index contributed by atoms with van der Waals surface area (Å²) in [4.78, 5) is 2.34. The maximum absolute atomic E-state index is 5.94. The van der Waals surface area contributed by atoms with Crippen LogP contribution < -0.4 is 5.73 Å². The molecule has 0 aliphatic heterocycles. The van der Waals surface area contributed by atoms with Crippen LogP contribution in [-0.2, 0) is 6.54 Å². The highest BCUT2D eigenvalue weighted by Gasteiger charge is 2.26. The maximum Gasteiger partial charge on any atom is 0.105 e. The minimum Gasteiger partial charge on any atom is -0.469 e. The Morgan fingerprint density at radius 3 is 2.41 bits per heavy atom. The van der Waals surface area contributed by atoms with Gasteiger partial charge in [0, 0.05) is 18.7 Å². The second kappa shape index (κ2) is 6.22. The molecule has 0 amide bonds. The third-order valence-corrected chi connectivity index (χ3v) is 3.94. The van der Waals surface area contributed by atoms with E-state index in [1.807, 2.05) is 13.0 Å².